The molecular weight excluding hydrogens is 241 g/mol. The van der Waals surface area contributed by atoms with Gasteiger partial charge in [0, 0.05) is 12.1 Å². The predicted octanol–water partition coefficient (Wildman–Crippen LogP) is 3.16. The number of aryl methyl sites for hydroxylation is 1. The first-order chi connectivity index (χ1) is 9.04. The van der Waals surface area contributed by atoms with Gasteiger partial charge < -0.3 is 10.4 Å². The van der Waals surface area contributed by atoms with Gasteiger partial charge in [0.1, 0.15) is 5.82 Å². The summed E-state index contributed by atoms with van der Waals surface area (Å²) in [6, 6.07) is 5.34. The van der Waals surface area contributed by atoms with Gasteiger partial charge in [0.2, 0.25) is 0 Å². The Balaban J connectivity index is 1.97. The topological polar surface area (TPSA) is 32.3 Å². The SMILES string of the molecule is Cc1ccc(CNC2(CO)CCC(C)CC2)cc1F. The molecule has 0 aromatic heterocycles. The molecule has 1 aliphatic carbocycles. The van der Waals surface area contributed by atoms with Crippen molar-refractivity contribution in [3.63, 3.8) is 0 Å². The summed E-state index contributed by atoms with van der Waals surface area (Å²) < 4.78 is 13.5. The Labute approximate surface area is 115 Å². The Morgan fingerprint density at radius 3 is 2.63 bits per heavy atom. The molecule has 0 radical (unpaired) electrons. The fourth-order valence-corrected chi connectivity index (χ4v) is 2.74. The van der Waals surface area contributed by atoms with Crippen LogP contribution in [-0.4, -0.2) is 17.3 Å². The zero-order chi connectivity index (χ0) is 13.9. The molecule has 106 valence electrons. The van der Waals surface area contributed by atoms with Crippen LogP contribution in [-0.2, 0) is 6.54 Å². The lowest BCUT2D eigenvalue weighted by Gasteiger charge is -2.39. The highest BCUT2D eigenvalue weighted by molar-refractivity contribution is 5.23. The minimum atomic E-state index is -0.173. The maximum atomic E-state index is 13.5. The minimum Gasteiger partial charge on any atom is -0.394 e. The van der Waals surface area contributed by atoms with Crippen molar-refractivity contribution in [1.29, 1.82) is 0 Å². The van der Waals surface area contributed by atoms with Crippen LogP contribution in [0.3, 0.4) is 0 Å². The number of aliphatic hydroxyl groups excluding tert-OH is 1. The third-order valence-corrected chi connectivity index (χ3v) is 4.44. The molecule has 2 rings (SSSR count). The average Bonchev–Trinajstić information content (AvgIpc) is 2.42. The van der Waals surface area contributed by atoms with Crippen molar-refractivity contribution in [2.24, 2.45) is 5.92 Å². The standard InChI is InChI=1S/C16H24FNO/c1-12-5-7-16(11-19,8-6-12)18-10-14-4-3-13(2)15(17)9-14/h3-4,9,12,18-19H,5-8,10-11H2,1-2H3. The fraction of sp³-hybridized carbons (Fsp3) is 0.625. The highest BCUT2D eigenvalue weighted by Crippen LogP contribution is 2.31. The van der Waals surface area contributed by atoms with Crippen molar-refractivity contribution < 1.29 is 9.50 Å². The molecule has 0 saturated heterocycles. The predicted molar refractivity (Wildman–Crippen MR) is 75.4 cm³/mol. The molecule has 3 heteroatoms. The number of halogens is 1. The van der Waals surface area contributed by atoms with Crippen LogP contribution in [0.4, 0.5) is 4.39 Å². The van der Waals surface area contributed by atoms with Gasteiger partial charge in [-0.25, -0.2) is 4.39 Å². The Morgan fingerprint density at radius 2 is 2.05 bits per heavy atom. The first kappa shape index (κ1) is 14.5. The monoisotopic (exact) mass is 265 g/mol. The Morgan fingerprint density at radius 1 is 1.37 bits per heavy atom. The van der Waals surface area contributed by atoms with Gasteiger partial charge in [0.15, 0.2) is 0 Å². The number of aliphatic hydroxyl groups is 1. The van der Waals surface area contributed by atoms with Crippen LogP contribution in [0, 0.1) is 18.7 Å². The van der Waals surface area contributed by atoms with Crippen molar-refractivity contribution in [2.45, 2.75) is 51.6 Å². The molecule has 1 aromatic carbocycles. The van der Waals surface area contributed by atoms with Gasteiger partial charge in [-0.3, -0.25) is 0 Å². The van der Waals surface area contributed by atoms with Crippen molar-refractivity contribution >= 4 is 0 Å². The lowest BCUT2D eigenvalue weighted by molar-refractivity contribution is 0.104. The van der Waals surface area contributed by atoms with Crippen LogP contribution >= 0.6 is 0 Å². The van der Waals surface area contributed by atoms with Gasteiger partial charge in [0.05, 0.1) is 6.61 Å². The number of benzene rings is 1. The molecule has 0 unspecified atom stereocenters. The summed E-state index contributed by atoms with van der Waals surface area (Å²) in [5.74, 6) is 0.591. The van der Waals surface area contributed by atoms with Crippen LogP contribution in [0.25, 0.3) is 0 Å². The van der Waals surface area contributed by atoms with E-state index in [1.807, 2.05) is 6.07 Å². The molecular formula is C16H24FNO. The van der Waals surface area contributed by atoms with E-state index in [1.54, 1.807) is 19.1 Å². The first-order valence-corrected chi connectivity index (χ1v) is 7.15. The third-order valence-electron chi connectivity index (χ3n) is 4.44. The largest absolute Gasteiger partial charge is 0.394 e. The van der Waals surface area contributed by atoms with E-state index in [2.05, 4.69) is 12.2 Å². The van der Waals surface area contributed by atoms with Crippen LogP contribution in [0.1, 0.15) is 43.7 Å². The van der Waals surface area contributed by atoms with E-state index in [0.29, 0.717) is 12.1 Å². The molecule has 0 amide bonds. The Kier molecular flexibility index (Phi) is 4.58. The molecule has 2 nitrogen and oxygen atoms in total. The summed E-state index contributed by atoms with van der Waals surface area (Å²) in [6.45, 7) is 4.81. The van der Waals surface area contributed by atoms with E-state index in [-0.39, 0.29) is 18.0 Å². The van der Waals surface area contributed by atoms with Crippen LogP contribution < -0.4 is 5.32 Å². The van der Waals surface area contributed by atoms with Crippen molar-refractivity contribution in [2.75, 3.05) is 6.61 Å². The first-order valence-electron chi connectivity index (χ1n) is 7.15. The second-order valence-corrected chi connectivity index (χ2v) is 6.06. The number of rotatable bonds is 4. The van der Waals surface area contributed by atoms with Crippen molar-refractivity contribution in [1.82, 2.24) is 5.32 Å². The molecule has 1 aliphatic rings. The highest BCUT2D eigenvalue weighted by Gasteiger charge is 2.32. The van der Waals surface area contributed by atoms with Crippen molar-refractivity contribution in [3.8, 4) is 0 Å². The van der Waals surface area contributed by atoms with Gasteiger partial charge >= 0.3 is 0 Å². The quantitative estimate of drug-likeness (QED) is 0.876. The molecule has 1 fully saturated rings. The molecule has 1 saturated carbocycles. The van der Waals surface area contributed by atoms with Gasteiger partial charge in [-0.2, -0.15) is 0 Å². The smallest absolute Gasteiger partial charge is 0.126 e. The fourth-order valence-electron chi connectivity index (χ4n) is 2.74. The Bertz CT molecular complexity index is 425. The van der Waals surface area contributed by atoms with Crippen molar-refractivity contribution in [3.05, 3.63) is 35.1 Å². The number of hydrogen-bond donors (Lipinski definition) is 2. The van der Waals surface area contributed by atoms with E-state index in [9.17, 15) is 9.50 Å². The summed E-state index contributed by atoms with van der Waals surface area (Å²) in [5, 5.41) is 13.1. The van der Waals surface area contributed by atoms with E-state index in [0.717, 1.165) is 37.2 Å². The summed E-state index contributed by atoms with van der Waals surface area (Å²) in [4.78, 5) is 0. The summed E-state index contributed by atoms with van der Waals surface area (Å²) in [6.07, 6.45) is 4.30. The minimum absolute atomic E-state index is 0.158. The van der Waals surface area contributed by atoms with Gasteiger partial charge in [0.25, 0.3) is 0 Å². The average molecular weight is 265 g/mol. The second kappa shape index (κ2) is 6.02. The zero-order valence-corrected chi connectivity index (χ0v) is 11.9. The normalized spacial score (nSPS) is 27.5. The number of hydrogen-bond acceptors (Lipinski definition) is 2. The summed E-state index contributed by atoms with van der Waals surface area (Å²) in [7, 11) is 0. The van der Waals surface area contributed by atoms with E-state index in [1.165, 1.54) is 0 Å². The molecule has 0 atom stereocenters. The number of nitrogens with one attached hydrogen (secondary N) is 1. The van der Waals surface area contributed by atoms with E-state index in [4.69, 9.17) is 0 Å². The summed E-state index contributed by atoms with van der Waals surface area (Å²) >= 11 is 0. The summed E-state index contributed by atoms with van der Waals surface area (Å²) in [5.41, 5.74) is 1.44. The molecule has 2 N–H and O–H groups in total. The molecule has 0 bridgehead atoms. The molecule has 19 heavy (non-hydrogen) atoms. The van der Waals surface area contributed by atoms with E-state index < -0.39 is 0 Å². The molecule has 1 aromatic rings. The van der Waals surface area contributed by atoms with Gasteiger partial charge in [-0.1, -0.05) is 19.1 Å². The van der Waals surface area contributed by atoms with Gasteiger partial charge in [-0.05, 0) is 55.7 Å². The molecule has 0 spiro atoms. The van der Waals surface area contributed by atoms with Crippen LogP contribution in [0.5, 0.6) is 0 Å². The zero-order valence-electron chi connectivity index (χ0n) is 11.9. The van der Waals surface area contributed by atoms with Gasteiger partial charge in [-0.15, -0.1) is 0 Å². The van der Waals surface area contributed by atoms with Crippen LogP contribution in [0.15, 0.2) is 18.2 Å². The maximum absolute atomic E-state index is 13.5. The highest BCUT2D eigenvalue weighted by atomic mass is 19.1. The third kappa shape index (κ3) is 3.54. The molecule has 0 heterocycles. The van der Waals surface area contributed by atoms with Crippen LogP contribution in [0.2, 0.25) is 0 Å². The lowest BCUT2D eigenvalue weighted by Crippen LogP contribution is -2.50. The van der Waals surface area contributed by atoms with E-state index >= 15 is 0 Å². The maximum Gasteiger partial charge on any atom is 0.126 e. The second-order valence-electron chi connectivity index (χ2n) is 6.06. The molecule has 0 aliphatic heterocycles. The lowest BCUT2D eigenvalue weighted by atomic mass is 9.77. The Hall–Kier alpha value is -0.930.